The number of aryl methyl sites for hydroxylation is 1. The molecule has 3 aromatic rings. The Balaban J connectivity index is 1.41. The van der Waals surface area contributed by atoms with Crippen LogP contribution in [-0.4, -0.2) is 23.3 Å². The van der Waals surface area contributed by atoms with Gasteiger partial charge in [0, 0.05) is 12.5 Å². The number of fused-ring (bicyclic) bond motifs is 1. The highest BCUT2D eigenvalue weighted by atomic mass is 16.5. The molecule has 0 saturated heterocycles. The Hall–Kier alpha value is -2.75. The normalized spacial score (nSPS) is 13.7. The number of rotatable bonds is 9. The second kappa shape index (κ2) is 7.87. The molecule has 1 heterocycles. The number of nitrogens with zero attached hydrogens (tertiary/aromatic N) is 2. The first-order valence-corrected chi connectivity index (χ1v) is 9.66. The molecule has 1 aliphatic rings. The van der Waals surface area contributed by atoms with Crippen LogP contribution < -0.4 is 9.47 Å². The number of hydrogen-bond acceptors (Lipinski definition) is 3. The van der Waals surface area contributed by atoms with E-state index in [-0.39, 0.29) is 0 Å². The van der Waals surface area contributed by atoms with E-state index in [1.54, 1.807) is 7.11 Å². The predicted molar refractivity (Wildman–Crippen MR) is 109 cm³/mol. The van der Waals surface area contributed by atoms with Gasteiger partial charge in [0.25, 0.3) is 0 Å². The van der Waals surface area contributed by atoms with Crippen LogP contribution in [0.15, 0.2) is 55.1 Å². The average Bonchev–Trinajstić information content (AvgIpc) is 3.48. The Morgan fingerprint density at radius 2 is 2.04 bits per heavy atom. The SMILES string of the molecule is C=CCc1ccc(OCCCn2c(C3CC3)nc3ccccc32)c(OC)c1. The summed E-state index contributed by atoms with van der Waals surface area (Å²) in [6, 6.07) is 14.5. The average molecular weight is 362 g/mol. The molecule has 1 saturated carbocycles. The lowest BCUT2D eigenvalue weighted by Gasteiger charge is -2.13. The zero-order chi connectivity index (χ0) is 18.6. The molecule has 0 N–H and O–H groups in total. The van der Waals surface area contributed by atoms with Gasteiger partial charge >= 0.3 is 0 Å². The van der Waals surface area contributed by atoms with Crippen LogP contribution in [0.2, 0.25) is 0 Å². The number of para-hydroxylation sites is 2. The van der Waals surface area contributed by atoms with Crippen LogP contribution in [0, 0.1) is 0 Å². The minimum Gasteiger partial charge on any atom is -0.493 e. The first-order valence-electron chi connectivity index (χ1n) is 9.66. The van der Waals surface area contributed by atoms with Crippen LogP contribution in [0.3, 0.4) is 0 Å². The van der Waals surface area contributed by atoms with Gasteiger partial charge in [-0.3, -0.25) is 0 Å². The van der Waals surface area contributed by atoms with Crippen molar-refractivity contribution in [1.29, 1.82) is 0 Å². The molecule has 140 valence electrons. The van der Waals surface area contributed by atoms with Gasteiger partial charge < -0.3 is 14.0 Å². The molecule has 1 aliphatic carbocycles. The van der Waals surface area contributed by atoms with Crippen LogP contribution in [0.5, 0.6) is 11.5 Å². The Labute approximate surface area is 160 Å². The first kappa shape index (κ1) is 17.7. The fraction of sp³-hybridized carbons (Fsp3) is 0.348. The molecular weight excluding hydrogens is 336 g/mol. The van der Waals surface area contributed by atoms with E-state index in [1.165, 1.54) is 29.7 Å². The minimum atomic E-state index is 0.635. The topological polar surface area (TPSA) is 36.3 Å². The van der Waals surface area contributed by atoms with Gasteiger partial charge in [0.15, 0.2) is 11.5 Å². The molecular formula is C23H26N2O2. The maximum Gasteiger partial charge on any atom is 0.161 e. The molecule has 0 atom stereocenters. The van der Waals surface area contributed by atoms with Crippen molar-refractivity contribution in [1.82, 2.24) is 9.55 Å². The third kappa shape index (κ3) is 3.85. The number of hydrogen-bond donors (Lipinski definition) is 0. The van der Waals surface area contributed by atoms with Gasteiger partial charge in [-0.15, -0.1) is 6.58 Å². The molecule has 0 bridgehead atoms. The second-order valence-electron chi connectivity index (χ2n) is 7.06. The molecule has 0 spiro atoms. The standard InChI is InChI=1S/C23H26N2O2/c1-3-7-17-10-13-21(22(16-17)26-2)27-15-6-14-25-20-9-5-4-8-19(20)24-23(25)18-11-12-18/h3-5,8-10,13,16,18H,1,6-7,11-12,14-15H2,2H3. The molecule has 4 heteroatoms. The van der Waals surface area contributed by atoms with Gasteiger partial charge in [-0.2, -0.15) is 0 Å². The van der Waals surface area contributed by atoms with Crippen molar-refractivity contribution < 1.29 is 9.47 Å². The minimum absolute atomic E-state index is 0.635. The summed E-state index contributed by atoms with van der Waals surface area (Å²) in [6.45, 7) is 5.35. The summed E-state index contributed by atoms with van der Waals surface area (Å²) >= 11 is 0. The van der Waals surface area contributed by atoms with Crippen molar-refractivity contribution in [3.63, 3.8) is 0 Å². The van der Waals surface area contributed by atoms with Crippen LogP contribution in [-0.2, 0) is 13.0 Å². The summed E-state index contributed by atoms with van der Waals surface area (Å²) in [5.41, 5.74) is 3.50. The van der Waals surface area contributed by atoms with Gasteiger partial charge in [0.05, 0.1) is 24.8 Å². The highest BCUT2D eigenvalue weighted by Gasteiger charge is 2.29. The van der Waals surface area contributed by atoms with E-state index < -0.39 is 0 Å². The first-order chi connectivity index (χ1) is 13.3. The van der Waals surface area contributed by atoms with Crippen molar-refractivity contribution in [2.24, 2.45) is 0 Å². The molecule has 0 aliphatic heterocycles. The van der Waals surface area contributed by atoms with Gasteiger partial charge in [-0.1, -0.05) is 24.3 Å². The Morgan fingerprint density at radius 1 is 1.19 bits per heavy atom. The van der Waals surface area contributed by atoms with E-state index in [0.29, 0.717) is 12.5 Å². The van der Waals surface area contributed by atoms with Crippen molar-refractivity contribution in [2.45, 2.75) is 38.1 Å². The second-order valence-corrected chi connectivity index (χ2v) is 7.06. The third-order valence-electron chi connectivity index (χ3n) is 5.02. The number of imidazole rings is 1. The van der Waals surface area contributed by atoms with E-state index >= 15 is 0 Å². The maximum atomic E-state index is 6.00. The number of allylic oxidation sites excluding steroid dienone is 1. The van der Waals surface area contributed by atoms with Crippen LogP contribution in [0.1, 0.15) is 36.6 Å². The summed E-state index contributed by atoms with van der Waals surface area (Å²) in [6.07, 6.45) is 6.16. The molecule has 1 aromatic heterocycles. The molecule has 0 unspecified atom stereocenters. The summed E-state index contributed by atoms with van der Waals surface area (Å²) in [4.78, 5) is 4.86. The molecule has 0 amide bonds. The van der Waals surface area contributed by atoms with E-state index in [1.807, 2.05) is 18.2 Å². The number of aromatic nitrogens is 2. The Morgan fingerprint density at radius 3 is 2.81 bits per heavy atom. The van der Waals surface area contributed by atoms with E-state index in [9.17, 15) is 0 Å². The number of ether oxygens (including phenoxy) is 2. The smallest absolute Gasteiger partial charge is 0.161 e. The predicted octanol–water partition coefficient (Wildman–Crippen LogP) is 5.12. The highest BCUT2D eigenvalue weighted by Crippen LogP contribution is 2.40. The van der Waals surface area contributed by atoms with Crippen molar-refractivity contribution in [2.75, 3.05) is 13.7 Å². The number of methoxy groups -OCH3 is 1. The maximum absolute atomic E-state index is 6.00. The van der Waals surface area contributed by atoms with E-state index in [0.717, 1.165) is 36.4 Å². The van der Waals surface area contributed by atoms with Crippen LogP contribution >= 0.6 is 0 Å². The lowest BCUT2D eigenvalue weighted by atomic mass is 10.1. The summed E-state index contributed by atoms with van der Waals surface area (Å²) in [5.74, 6) is 3.45. The van der Waals surface area contributed by atoms with Crippen molar-refractivity contribution in [3.8, 4) is 11.5 Å². The molecule has 27 heavy (non-hydrogen) atoms. The number of benzene rings is 2. The summed E-state index contributed by atoms with van der Waals surface area (Å²) in [5, 5.41) is 0. The zero-order valence-corrected chi connectivity index (χ0v) is 15.9. The summed E-state index contributed by atoms with van der Waals surface area (Å²) in [7, 11) is 1.68. The van der Waals surface area contributed by atoms with E-state index in [2.05, 4.69) is 41.5 Å². The lowest BCUT2D eigenvalue weighted by Crippen LogP contribution is -2.08. The van der Waals surface area contributed by atoms with Crippen molar-refractivity contribution >= 4 is 11.0 Å². The third-order valence-corrected chi connectivity index (χ3v) is 5.02. The van der Waals surface area contributed by atoms with Gasteiger partial charge in [-0.05, 0) is 55.5 Å². The fourth-order valence-electron chi connectivity index (χ4n) is 3.51. The molecule has 0 radical (unpaired) electrons. The van der Waals surface area contributed by atoms with E-state index in [4.69, 9.17) is 14.5 Å². The van der Waals surface area contributed by atoms with Crippen LogP contribution in [0.25, 0.3) is 11.0 Å². The molecule has 1 fully saturated rings. The molecule has 4 rings (SSSR count). The Kier molecular flexibility index (Phi) is 5.14. The Bertz CT molecular complexity index is 941. The zero-order valence-electron chi connectivity index (χ0n) is 15.9. The van der Waals surface area contributed by atoms with Crippen molar-refractivity contribution in [3.05, 3.63) is 66.5 Å². The van der Waals surface area contributed by atoms with Crippen LogP contribution in [0.4, 0.5) is 0 Å². The molecule has 4 nitrogen and oxygen atoms in total. The highest BCUT2D eigenvalue weighted by molar-refractivity contribution is 5.76. The molecule has 2 aromatic carbocycles. The fourth-order valence-corrected chi connectivity index (χ4v) is 3.51. The summed E-state index contributed by atoms with van der Waals surface area (Å²) < 4.78 is 13.9. The lowest BCUT2D eigenvalue weighted by molar-refractivity contribution is 0.282. The van der Waals surface area contributed by atoms with Gasteiger partial charge in [-0.25, -0.2) is 4.98 Å². The monoisotopic (exact) mass is 362 g/mol. The van der Waals surface area contributed by atoms with Gasteiger partial charge in [0.1, 0.15) is 5.82 Å². The van der Waals surface area contributed by atoms with Gasteiger partial charge in [0.2, 0.25) is 0 Å². The quantitative estimate of drug-likeness (QED) is 0.391. The largest absolute Gasteiger partial charge is 0.493 e.